The van der Waals surface area contributed by atoms with Gasteiger partial charge in [-0.15, -0.1) is 0 Å². The molecule has 0 amide bonds. The molecule has 1 aliphatic rings. The molecule has 1 fully saturated rings. The fourth-order valence-electron chi connectivity index (χ4n) is 2.53. The lowest BCUT2D eigenvalue weighted by Crippen LogP contribution is -2.24. The molecule has 3 nitrogen and oxygen atoms in total. The average Bonchev–Trinajstić information content (AvgIpc) is 2.67. The summed E-state index contributed by atoms with van der Waals surface area (Å²) in [5.41, 5.74) is 2.29. The zero-order valence-corrected chi connectivity index (χ0v) is 9.97. The molecule has 3 heterocycles. The molecule has 88 valence electrons. The van der Waals surface area contributed by atoms with Crippen LogP contribution in [0.4, 0.5) is 5.69 Å². The van der Waals surface area contributed by atoms with E-state index in [1.807, 2.05) is 24.7 Å². The standard InChI is InChI=1S/C14H17N3/c1-2-4-9-17(8-3-1)13-11-15-10-12-6-5-7-16-14(12)13/h5-7,10-11H,1-4,8-9H2. The third-order valence-electron chi connectivity index (χ3n) is 3.44. The van der Waals surface area contributed by atoms with Gasteiger partial charge in [0.15, 0.2) is 0 Å². The van der Waals surface area contributed by atoms with Gasteiger partial charge in [-0.3, -0.25) is 9.97 Å². The number of hydrogen-bond donors (Lipinski definition) is 0. The van der Waals surface area contributed by atoms with E-state index in [0.29, 0.717) is 0 Å². The summed E-state index contributed by atoms with van der Waals surface area (Å²) in [6.07, 6.45) is 11.0. The maximum atomic E-state index is 4.51. The van der Waals surface area contributed by atoms with Gasteiger partial charge in [-0.2, -0.15) is 0 Å². The van der Waals surface area contributed by atoms with E-state index in [-0.39, 0.29) is 0 Å². The van der Waals surface area contributed by atoms with Crippen molar-refractivity contribution in [1.29, 1.82) is 0 Å². The van der Waals surface area contributed by atoms with Gasteiger partial charge in [0.1, 0.15) is 0 Å². The van der Waals surface area contributed by atoms with Gasteiger partial charge in [0.05, 0.1) is 17.4 Å². The summed E-state index contributed by atoms with van der Waals surface area (Å²) in [5, 5.41) is 1.13. The maximum absolute atomic E-state index is 4.51. The minimum atomic E-state index is 1.09. The van der Waals surface area contributed by atoms with E-state index in [1.165, 1.54) is 31.4 Å². The van der Waals surface area contributed by atoms with Gasteiger partial charge in [0, 0.05) is 30.9 Å². The van der Waals surface area contributed by atoms with Crippen molar-refractivity contribution in [2.45, 2.75) is 25.7 Å². The molecule has 0 unspecified atom stereocenters. The Balaban J connectivity index is 2.03. The van der Waals surface area contributed by atoms with E-state index < -0.39 is 0 Å². The Hall–Kier alpha value is -1.64. The molecule has 0 aromatic carbocycles. The molecular weight excluding hydrogens is 210 g/mol. The van der Waals surface area contributed by atoms with Gasteiger partial charge in [-0.1, -0.05) is 12.8 Å². The Bertz CT molecular complexity index is 496. The average molecular weight is 227 g/mol. The zero-order valence-electron chi connectivity index (χ0n) is 9.97. The second-order valence-electron chi connectivity index (χ2n) is 4.64. The van der Waals surface area contributed by atoms with Crippen LogP contribution in [0, 0.1) is 0 Å². The Kier molecular flexibility index (Phi) is 2.90. The van der Waals surface area contributed by atoms with Crippen molar-refractivity contribution in [3.63, 3.8) is 0 Å². The number of aromatic nitrogens is 2. The molecule has 0 radical (unpaired) electrons. The highest BCUT2D eigenvalue weighted by Gasteiger charge is 2.13. The van der Waals surface area contributed by atoms with Crippen molar-refractivity contribution in [3.8, 4) is 0 Å². The molecule has 0 saturated carbocycles. The fourth-order valence-corrected chi connectivity index (χ4v) is 2.53. The molecule has 0 aliphatic carbocycles. The van der Waals surface area contributed by atoms with E-state index in [1.54, 1.807) is 0 Å². The molecule has 0 bridgehead atoms. The lowest BCUT2D eigenvalue weighted by molar-refractivity contribution is 0.726. The van der Waals surface area contributed by atoms with E-state index in [0.717, 1.165) is 24.0 Å². The maximum Gasteiger partial charge on any atom is 0.0966 e. The Labute approximate surface area is 101 Å². The van der Waals surface area contributed by atoms with Crippen LogP contribution in [0.1, 0.15) is 25.7 Å². The molecule has 1 saturated heterocycles. The lowest BCUT2D eigenvalue weighted by atomic mass is 10.2. The topological polar surface area (TPSA) is 29.0 Å². The molecule has 0 N–H and O–H groups in total. The summed E-state index contributed by atoms with van der Waals surface area (Å²) in [6, 6.07) is 4.05. The second kappa shape index (κ2) is 4.70. The third-order valence-corrected chi connectivity index (χ3v) is 3.44. The first-order valence-electron chi connectivity index (χ1n) is 6.39. The van der Waals surface area contributed by atoms with Crippen LogP contribution in [-0.2, 0) is 0 Å². The smallest absolute Gasteiger partial charge is 0.0966 e. The summed E-state index contributed by atoms with van der Waals surface area (Å²) in [6.45, 7) is 2.27. The first-order valence-corrected chi connectivity index (χ1v) is 6.39. The first kappa shape index (κ1) is 10.5. The monoisotopic (exact) mass is 227 g/mol. The van der Waals surface area contributed by atoms with Crippen molar-refractivity contribution in [2.75, 3.05) is 18.0 Å². The fraction of sp³-hybridized carbons (Fsp3) is 0.429. The third kappa shape index (κ3) is 2.09. The van der Waals surface area contributed by atoms with E-state index in [4.69, 9.17) is 0 Å². The lowest BCUT2D eigenvalue weighted by Gasteiger charge is -2.23. The van der Waals surface area contributed by atoms with Crippen molar-refractivity contribution in [2.24, 2.45) is 0 Å². The minimum absolute atomic E-state index is 1.09. The minimum Gasteiger partial charge on any atom is -0.369 e. The largest absolute Gasteiger partial charge is 0.369 e. The van der Waals surface area contributed by atoms with Crippen molar-refractivity contribution in [1.82, 2.24) is 9.97 Å². The van der Waals surface area contributed by atoms with Crippen LogP contribution in [0.5, 0.6) is 0 Å². The van der Waals surface area contributed by atoms with Crippen LogP contribution in [0.25, 0.3) is 10.9 Å². The van der Waals surface area contributed by atoms with Gasteiger partial charge in [-0.05, 0) is 25.0 Å². The molecule has 2 aromatic rings. The molecule has 3 rings (SSSR count). The van der Waals surface area contributed by atoms with Crippen LogP contribution in [0.2, 0.25) is 0 Å². The highest BCUT2D eigenvalue weighted by molar-refractivity contribution is 5.89. The first-order chi connectivity index (χ1) is 8.45. The van der Waals surface area contributed by atoms with Gasteiger partial charge in [0.2, 0.25) is 0 Å². The molecule has 3 heteroatoms. The quantitative estimate of drug-likeness (QED) is 0.750. The van der Waals surface area contributed by atoms with Crippen LogP contribution >= 0.6 is 0 Å². The number of anilines is 1. The summed E-state index contributed by atoms with van der Waals surface area (Å²) < 4.78 is 0. The molecule has 2 aromatic heterocycles. The van der Waals surface area contributed by atoms with Gasteiger partial charge < -0.3 is 4.90 Å². The van der Waals surface area contributed by atoms with Crippen LogP contribution in [0.3, 0.4) is 0 Å². The number of hydrogen-bond acceptors (Lipinski definition) is 3. The summed E-state index contributed by atoms with van der Waals surface area (Å²) in [5.74, 6) is 0. The SMILES string of the molecule is c1cnc2c(N3CCCCCC3)cncc2c1. The number of rotatable bonds is 1. The van der Waals surface area contributed by atoms with Crippen molar-refractivity contribution >= 4 is 16.6 Å². The summed E-state index contributed by atoms with van der Waals surface area (Å²) >= 11 is 0. The molecule has 0 spiro atoms. The van der Waals surface area contributed by atoms with Crippen LogP contribution in [-0.4, -0.2) is 23.1 Å². The normalized spacial score (nSPS) is 17.1. The van der Waals surface area contributed by atoms with Gasteiger partial charge >= 0.3 is 0 Å². The number of pyridine rings is 2. The van der Waals surface area contributed by atoms with Crippen LogP contribution < -0.4 is 4.90 Å². The molecule has 0 atom stereocenters. The van der Waals surface area contributed by atoms with E-state index in [2.05, 4.69) is 20.9 Å². The van der Waals surface area contributed by atoms with E-state index >= 15 is 0 Å². The van der Waals surface area contributed by atoms with Crippen molar-refractivity contribution in [3.05, 3.63) is 30.7 Å². The molecule has 17 heavy (non-hydrogen) atoms. The van der Waals surface area contributed by atoms with E-state index in [9.17, 15) is 0 Å². The Morgan fingerprint density at radius 3 is 2.65 bits per heavy atom. The highest BCUT2D eigenvalue weighted by Crippen LogP contribution is 2.25. The van der Waals surface area contributed by atoms with Gasteiger partial charge in [0.25, 0.3) is 0 Å². The predicted octanol–water partition coefficient (Wildman–Crippen LogP) is 3.01. The molecule has 1 aliphatic heterocycles. The summed E-state index contributed by atoms with van der Waals surface area (Å²) in [4.78, 5) is 11.3. The predicted molar refractivity (Wildman–Crippen MR) is 70.2 cm³/mol. The Morgan fingerprint density at radius 1 is 1.00 bits per heavy atom. The van der Waals surface area contributed by atoms with Crippen LogP contribution in [0.15, 0.2) is 30.7 Å². The zero-order chi connectivity index (χ0) is 11.5. The summed E-state index contributed by atoms with van der Waals surface area (Å²) in [7, 11) is 0. The Morgan fingerprint density at radius 2 is 1.82 bits per heavy atom. The number of nitrogens with zero attached hydrogens (tertiary/aromatic N) is 3. The molecular formula is C14H17N3. The number of fused-ring (bicyclic) bond motifs is 1. The second-order valence-corrected chi connectivity index (χ2v) is 4.64. The van der Waals surface area contributed by atoms with Gasteiger partial charge in [-0.25, -0.2) is 0 Å². The van der Waals surface area contributed by atoms with Crippen molar-refractivity contribution < 1.29 is 0 Å². The highest BCUT2D eigenvalue weighted by atomic mass is 15.1.